The highest BCUT2D eigenvalue weighted by Gasteiger charge is 2.24. The number of rotatable bonds is 4. The summed E-state index contributed by atoms with van der Waals surface area (Å²) in [5.74, 6) is -0.730. The molecule has 6 heteroatoms. The van der Waals surface area contributed by atoms with E-state index in [9.17, 15) is 19.1 Å². The normalized spacial score (nSPS) is 15.7. The molecule has 0 spiro atoms. The molecule has 25 heavy (non-hydrogen) atoms. The minimum absolute atomic E-state index is 0.00864. The van der Waals surface area contributed by atoms with E-state index in [0.29, 0.717) is 24.0 Å². The average Bonchev–Trinajstić information content (AvgIpc) is 2.59. The molecule has 0 bridgehead atoms. The number of fused-ring (bicyclic) bond motifs is 1. The number of hydrogen-bond acceptors (Lipinski definition) is 3. The molecule has 1 atom stereocenters. The van der Waals surface area contributed by atoms with Crippen molar-refractivity contribution >= 4 is 17.5 Å². The first kappa shape index (κ1) is 17.1. The Morgan fingerprint density at radius 2 is 1.96 bits per heavy atom. The monoisotopic (exact) mass is 342 g/mol. The molecule has 2 aromatic carbocycles. The van der Waals surface area contributed by atoms with E-state index in [0.717, 1.165) is 11.3 Å². The van der Waals surface area contributed by atoms with E-state index in [1.807, 2.05) is 0 Å². The van der Waals surface area contributed by atoms with Gasteiger partial charge in [-0.05, 0) is 54.8 Å². The second kappa shape index (κ2) is 6.64. The molecule has 2 amide bonds. The number of aryl methyl sites for hydroxylation is 1. The molecule has 0 radical (unpaired) electrons. The van der Waals surface area contributed by atoms with Gasteiger partial charge in [-0.1, -0.05) is 12.1 Å². The van der Waals surface area contributed by atoms with E-state index in [-0.39, 0.29) is 24.2 Å². The lowest BCUT2D eigenvalue weighted by atomic mass is 9.95. The Bertz CT molecular complexity index is 816. The van der Waals surface area contributed by atoms with E-state index in [4.69, 9.17) is 0 Å². The molecule has 0 aliphatic carbocycles. The first-order valence-corrected chi connectivity index (χ1v) is 8.04. The molecule has 130 valence electrons. The van der Waals surface area contributed by atoms with Crippen LogP contribution in [0.1, 0.15) is 34.8 Å². The highest BCUT2D eigenvalue weighted by molar-refractivity contribution is 5.97. The van der Waals surface area contributed by atoms with Gasteiger partial charge < -0.3 is 15.7 Å². The molecule has 0 aromatic heterocycles. The van der Waals surface area contributed by atoms with Gasteiger partial charge in [-0.25, -0.2) is 4.39 Å². The molecule has 1 unspecified atom stereocenters. The Morgan fingerprint density at radius 3 is 2.68 bits per heavy atom. The van der Waals surface area contributed by atoms with Crippen molar-refractivity contribution in [3.8, 4) is 0 Å². The first-order chi connectivity index (χ1) is 11.8. The van der Waals surface area contributed by atoms with Crippen molar-refractivity contribution in [1.82, 2.24) is 5.32 Å². The van der Waals surface area contributed by atoms with Crippen LogP contribution in [-0.2, 0) is 16.8 Å². The number of amides is 2. The Morgan fingerprint density at radius 1 is 1.24 bits per heavy atom. The number of benzene rings is 2. The highest BCUT2D eigenvalue weighted by Crippen LogP contribution is 2.24. The largest absolute Gasteiger partial charge is 0.384 e. The molecule has 5 nitrogen and oxygen atoms in total. The number of aliphatic hydroxyl groups is 1. The fraction of sp³-hybridized carbons (Fsp3) is 0.263. The zero-order valence-electron chi connectivity index (χ0n) is 13.8. The van der Waals surface area contributed by atoms with Gasteiger partial charge in [-0.2, -0.15) is 0 Å². The van der Waals surface area contributed by atoms with Gasteiger partial charge in [0.1, 0.15) is 11.4 Å². The summed E-state index contributed by atoms with van der Waals surface area (Å²) in [5, 5.41) is 16.0. The van der Waals surface area contributed by atoms with E-state index in [1.54, 1.807) is 25.1 Å². The van der Waals surface area contributed by atoms with Crippen molar-refractivity contribution in [3.05, 3.63) is 65.0 Å². The summed E-state index contributed by atoms with van der Waals surface area (Å²) in [7, 11) is 0. The molecular weight excluding hydrogens is 323 g/mol. The van der Waals surface area contributed by atoms with Crippen LogP contribution in [0.3, 0.4) is 0 Å². The number of carbonyl (C=O) groups is 2. The van der Waals surface area contributed by atoms with E-state index < -0.39 is 5.60 Å². The Balaban J connectivity index is 1.68. The summed E-state index contributed by atoms with van der Waals surface area (Å²) < 4.78 is 13.0. The van der Waals surface area contributed by atoms with Gasteiger partial charge in [-0.15, -0.1) is 0 Å². The minimum atomic E-state index is -1.31. The van der Waals surface area contributed by atoms with Gasteiger partial charge in [0.05, 0.1) is 6.54 Å². The fourth-order valence-corrected chi connectivity index (χ4v) is 2.79. The van der Waals surface area contributed by atoms with Crippen molar-refractivity contribution in [3.63, 3.8) is 0 Å². The third-order valence-corrected chi connectivity index (χ3v) is 4.32. The average molecular weight is 342 g/mol. The van der Waals surface area contributed by atoms with Crippen molar-refractivity contribution in [2.45, 2.75) is 25.4 Å². The molecule has 2 aromatic rings. The molecule has 3 rings (SSSR count). The number of nitrogens with one attached hydrogen (secondary N) is 2. The third-order valence-electron chi connectivity index (χ3n) is 4.32. The predicted octanol–water partition coefficient (Wildman–Crippen LogP) is 2.35. The van der Waals surface area contributed by atoms with Crippen LogP contribution < -0.4 is 10.6 Å². The van der Waals surface area contributed by atoms with Gasteiger partial charge >= 0.3 is 0 Å². The Hall–Kier alpha value is -2.73. The minimum Gasteiger partial charge on any atom is -0.384 e. The van der Waals surface area contributed by atoms with E-state index >= 15 is 0 Å². The van der Waals surface area contributed by atoms with E-state index in [1.165, 1.54) is 24.3 Å². The van der Waals surface area contributed by atoms with Crippen molar-refractivity contribution < 1.29 is 19.1 Å². The van der Waals surface area contributed by atoms with Gasteiger partial charge in [-0.3, -0.25) is 9.59 Å². The van der Waals surface area contributed by atoms with E-state index in [2.05, 4.69) is 10.6 Å². The fourth-order valence-electron chi connectivity index (χ4n) is 2.79. The van der Waals surface area contributed by atoms with Crippen LogP contribution in [0.15, 0.2) is 42.5 Å². The third kappa shape index (κ3) is 3.85. The zero-order valence-corrected chi connectivity index (χ0v) is 13.8. The smallest absolute Gasteiger partial charge is 0.251 e. The zero-order chi connectivity index (χ0) is 18.0. The molecule has 1 aliphatic heterocycles. The maximum absolute atomic E-state index is 13.0. The van der Waals surface area contributed by atoms with Crippen molar-refractivity contribution in [1.29, 1.82) is 0 Å². The summed E-state index contributed by atoms with van der Waals surface area (Å²) in [6.45, 7) is 1.55. The number of halogens is 1. The van der Waals surface area contributed by atoms with Gasteiger partial charge in [0.15, 0.2) is 0 Å². The molecular formula is C19H19FN2O3. The lowest BCUT2D eigenvalue weighted by molar-refractivity contribution is -0.116. The molecule has 0 fully saturated rings. The first-order valence-electron chi connectivity index (χ1n) is 8.04. The highest BCUT2D eigenvalue weighted by atomic mass is 19.1. The van der Waals surface area contributed by atoms with Crippen LogP contribution in [-0.4, -0.2) is 23.5 Å². The number of hydrogen-bond donors (Lipinski definition) is 3. The van der Waals surface area contributed by atoms with Crippen LogP contribution >= 0.6 is 0 Å². The second-order valence-electron chi connectivity index (χ2n) is 6.38. The SMILES string of the molecule is CC(O)(CNC(=O)c1ccc2c(c1)CCC(=O)N2)c1ccc(F)cc1. The summed E-state index contributed by atoms with van der Waals surface area (Å²) in [5.41, 5.74) is 1.31. The molecule has 0 saturated heterocycles. The second-order valence-corrected chi connectivity index (χ2v) is 6.38. The summed E-state index contributed by atoms with van der Waals surface area (Å²) >= 11 is 0. The lowest BCUT2D eigenvalue weighted by Gasteiger charge is -2.24. The Kier molecular flexibility index (Phi) is 4.55. The standard InChI is InChI=1S/C19H19FN2O3/c1-19(25,14-4-6-15(20)7-5-14)11-21-18(24)13-2-8-16-12(10-13)3-9-17(23)22-16/h2,4-8,10,25H,3,9,11H2,1H3,(H,21,24)(H,22,23). The predicted molar refractivity (Wildman–Crippen MR) is 91.7 cm³/mol. The Labute approximate surface area is 144 Å². The summed E-state index contributed by atoms with van der Waals surface area (Å²) in [4.78, 5) is 23.7. The van der Waals surface area contributed by atoms with Crippen LogP contribution in [0.25, 0.3) is 0 Å². The van der Waals surface area contributed by atoms with Crippen LogP contribution in [0.2, 0.25) is 0 Å². The number of carbonyl (C=O) groups excluding carboxylic acids is 2. The van der Waals surface area contributed by atoms with Crippen LogP contribution in [0, 0.1) is 5.82 Å². The number of anilines is 1. The summed E-state index contributed by atoms with van der Waals surface area (Å²) in [6, 6.07) is 10.6. The molecule has 3 N–H and O–H groups in total. The lowest BCUT2D eigenvalue weighted by Crippen LogP contribution is -2.38. The van der Waals surface area contributed by atoms with Crippen LogP contribution in [0.5, 0.6) is 0 Å². The topological polar surface area (TPSA) is 78.4 Å². The molecule has 1 aliphatic rings. The van der Waals surface area contributed by atoms with Crippen LogP contribution in [0.4, 0.5) is 10.1 Å². The molecule has 0 saturated carbocycles. The maximum Gasteiger partial charge on any atom is 0.251 e. The quantitative estimate of drug-likeness (QED) is 0.798. The van der Waals surface area contributed by atoms with Crippen molar-refractivity contribution in [2.24, 2.45) is 0 Å². The van der Waals surface area contributed by atoms with Gasteiger partial charge in [0, 0.05) is 17.7 Å². The summed E-state index contributed by atoms with van der Waals surface area (Å²) in [6.07, 6.45) is 0.993. The molecule has 1 heterocycles. The van der Waals surface area contributed by atoms with Crippen molar-refractivity contribution in [2.75, 3.05) is 11.9 Å². The van der Waals surface area contributed by atoms with Gasteiger partial charge in [0.25, 0.3) is 5.91 Å². The maximum atomic E-state index is 13.0. The van der Waals surface area contributed by atoms with Gasteiger partial charge in [0.2, 0.25) is 5.91 Å².